The van der Waals surface area contributed by atoms with Crippen LogP contribution in [0.3, 0.4) is 0 Å². The minimum atomic E-state index is 0.456. The highest BCUT2D eigenvalue weighted by Crippen LogP contribution is 2.32. The first kappa shape index (κ1) is 15.6. The fourth-order valence-electron chi connectivity index (χ4n) is 4.47. The molecule has 0 N–H and O–H groups in total. The van der Waals surface area contributed by atoms with Gasteiger partial charge in [-0.15, -0.1) is 0 Å². The van der Waals surface area contributed by atoms with Crippen molar-refractivity contribution in [2.75, 3.05) is 39.8 Å². The van der Waals surface area contributed by atoms with Gasteiger partial charge in [0.25, 0.3) is 0 Å². The van der Waals surface area contributed by atoms with Crippen LogP contribution in [0.15, 0.2) is 0 Å². The smallest absolute Gasteiger partial charge is 0.106 e. The number of fused-ring (bicyclic) bond motifs is 1. The molecule has 0 saturated carbocycles. The van der Waals surface area contributed by atoms with Gasteiger partial charge in [-0.2, -0.15) is 0 Å². The molecular weight excluding hydrogens is 288 g/mol. The zero-order valence-electron chi connectivity index (χ0n) is 14.6. The molecule has 2 saturated heterocycles. The van der Waals surface area contributed by atoms with Gasteiger partial charge in [-0.1, -0.05) is 0 Å². The minimum Gasteiger partial charge on any atom is -0.377 e. The van der Waals surface area contributed by atoms with Crippen LogP contribution in [0.2, 0.25) is 0 Å². The molecule has 3 aliphatic rings. The van der Waals surface area contributed by atoms with Crippen molar-refractivity contribution >= 4 is 0 Å². The lowest BCUT2D eigenvalue weighted by Crippen LogP contribution is -2.39. The third-order valence-corrected chi connectivity index (χ3v) is 5.90. The van der Waals surface area contributed by atoms with E-state index in [4.69, 9.17) is 9.72 Å². The van der Waals surface area contributed by atoms with Crippen molar-refractivity contribution in [1.82, 2.24) is 19.4 Å². The fraction of sp³-hybridized carbons (Fsp3) is 0.833. The molecule has 2 fully saturated rings. The van der Waals surface area contributed by atoms with Crippen LogP contribution >= 0.6 is 0 Å². The van der Waals surface area contributed by atoms with Gasteiger partial charge in [-0.05, 0) is 52.7 Å². The maximum absolute atomic E-state index is 5.84. The van der Waals surface area contributed by atoms with Gasteiger partial charge in [-0.25, -0.2) is 4.98 Å². The molecule has 1 aromatic heterocycles. The highest BCUT2D eigenvalue weighted by molar-refractivity contribution is 5.23. The number of hydrogen-bond donors (Lipinski definition) is 0. The zero-order valence-corrected chi connectivity index (χ0v) is 14.6. The first-order valence-corrected chi connectivity index (χ1v) is 9.29. The average molecular weight is 318 g/mol. The Hall–Kier alpha value is -0.910. The van der Waals surface area contributed by atoms with Gasteiger partial charge in [0.2, 0.25) is 0 Å². The van der Waals surface area contributed by atoms with E-state index in [1.807, 2.05) is 0 Å². The minimum absolute atomic E-state index is 0.456. The Bertz CT molecular complexity index is 541. The van der Waals surface area contributed by atoms with Crippen molar-refractivity contribution in [2.24, 2.45) is 0 Å². The number of rotatable bonds is 3. The van der Waals surface area contributed by atoms with E-state index >= 15 is 0 Å². The summed E-state index contributed by atoms with van der Waals surface area (Å²) < 4.78 is 8.31. The summed E-state index contributed by atoms with van der Waals surface area (Å²) in [5.74, 6) is 1.87. The first-order valence-electron chi connectivity index (χ1n) is 9.29. The number of aryl methyl sites for hydroxylation is 1. The molecule has 1 atom stereocenters. The van der Waals surface area contributed by atoms with Crippen molar-refractivity contribution < 1.29 is 4.74 Å². The van der Waals surface area contributed by atoms with Crippen LogP contribution in [0.1, 0.15) is 48.8 Å². The monoisotopic (exact) mass is 318 g/mol. The predicted octanol–water partition coefficient (Wildman–Crippen LogP) is 2.00. The van der Waals surface area contributed by atoms with Gasteiger partial charge in [0.1, 0.15) is 5.82 Å². The molecule has 4 heterocycles. The van der Waals surface area contributed by atoms with Crippen molar-refractivity contribution in [2.45, 2.75) is 57.7 Å². The van der Waals surface area contributed by atoms with Gasteiger partial charge in [0.15, 0.2) is 0 Å². The molecule has 5 heteroatoms. The number of ether oxygens (including phenoxy) is 1. The molecule has 0 amide bonds. The zero-order chi connectivity index (χ0) is 15.8. The Morgan fingerprint density at radius 1 is 1.13 bits per heavy atom. The van der Waals surface area contributed by atoms with Crippen LogP contribution in [-0.4, -0.2) is 65.3 Å². The van der Waals surface area contributed by atoms with Crippen LogP contribution < -0.4 is 0 Å². The highest BCUT2D eigenvalue weighted by atomic mass is 16.5. The quantitative estimate of drug-likeness (QED) is 0.853. The van der Waals surface area contributed by atoms with Crippen molar-refractivity contribution in [3.8, 4) is 0 Å². The second kappa shape index (κ2) is 6.54. The summed E-state index contributed by atoms with van der Waals surface area (Å²) in [5, 5.41) is 0. The van der Waals surface area contributed by atoms with Crippen molar-refractivity contribution in [3.63, 3.8) is 0 Å². The summed E-state index contributed by atoms with van der Waals surface area (Å²) in [7, 11) is 2.23. The molecule has 1 unspecified atom stereocenters. The molecule has 3 aliphatic heterocycles. The molecule has 5 nitrogen and oxygen atoms in total. The van der Waals surface area contributed by atoms with Gasteiger partial charge in [-0.3, -0.25) is 4.90 Å². The summed E-state index contributed by atoms with van der Waals surface area (Å²) in [6, 6.07) is 0. The maximum atomic E-state index is 5.84. The second-order valence-corrected chi connectivity index (χ2v) is 7.59. The average Bonchev–Trinajstić information content (AvgIpc) is 3.17. The topological polar surface area (TPSA) is 33.5 Å². The number of piperidine rings is 1. The first-order chi connectivity index (χ1) is 11.2. The van der Waals surface area contributed by atoms with Gasteiger partial charge >= 0.3 is 0 Å². The van der Waals surface area contributed by atoms with Crippen LogP contribution in [0.5, 0.6) is 0 Å². The molecule has 23 heavy (non-hydrogen) atoms. The summed E-state index contributed by atoms with van der Waals surface area (Å²) >= 11 is 0. The lowest BCUT2D eigenvalue weighted by Gasteiger charge is -2.33. The molecule has 0 aromatic carbocycles. The highest BCUT2D eigenvalue weighted by Gasteiger charge is 2.30. The van der Waals surface area contributed by atoms with E-state index in [-0.39, 0.29) is 0 Å². The SMILES string of the molecule is Cc1nc(C2CCN(C)CC2)c2n1CCN(CC1CCCO1)C2. The van der Waals surface area contributed by atoms with Crippen molar-refractivity contribution in [1.29, 1.82) is 0 Å². The predicted molar refractivity (Wildman–Crippen MR) is 90.7 cm³/mol. The summed E-state index contributed by atoms with van der Waals surface area (Å²) in [4.78, 5) is 10.0. The lowest BCUT2D eigenvalue weighted by molar-refractivity contribution is 0.0636. The van der Waals surface area contributed by atoms with E-state index in [0.29, 0.717) is 12.0 Å². The largest absolute Gasteiger partial charge is 0.377 e. The van der Waals surface area contributed by atoms with Crippen molar-refractivity contribution in [3.05, 3.63) is 17.2 Å². The van der Waals surface area contributed by atoms with E-state index in [2.05, 4.69) is 28.3 Å². The van der Waals surface area contributed by atoms with Crippen LogP contribution in [0.25, 0.3) is 0 Å². The van der Waals surface area contributed by atoms with Crippen LogP contribution in [0, 0.1) is 6.92 Å². The molecule has 0 radical (unpaired) electrons. The Morgan fingerprint density at radius 2 is 1.96 bits per heavy atom. The van der Waals surface area contributed by atoms with Crippen LogP contribution in [-0.2, 0) is 17.8 Å². The molecule has 0 bridgehead atoms. The number of aromatic nitrogens is 2. The molecule has 4 rings (SSSR count). The van der Waals surface area contributed by atoms with Gasteiger partial charge in [0, 0.05) is 38.7 Å². The van der Waals surface area contributed by atoms with E-state index < -0.39 is 0 Å². The molecule has 0 aliphatic carbocycles. The normalized spacial score (nSPS) is 27.5. The van der Waals surface area contributed by atoms with Gasteiger partial charge < -0.3 is 14.2 Å². The third-order valence-electron chi connectivity index (χ3n) is 5.90. The number of likely N-dealkylation sites (tertiary alicyclic amines) is 1. The Morgan fingerprint density at radius 3 is 2.70 bits per heavy atom. The molecule has 128 valence electrons. The Kier molecular flexibility index (Phi) is 4.43. The van der Waals surface area contributed by atoms with E-state index in [0.717, 1.165) is 32.8 Å². The third kappa shape index (κ3) is 3.19. The standard InChI is InChI=1S/C18H30N4O/c1-14-19-18(15-5-7-20(2)8-6-15)17-13-21(9-10-22(14)17)12-16-4-3-11-23-16/h15-16H,3-13H2,1-2H3. The van der Waals surface area contributed by atoms with E-state index in [9.17, 15) is 0 Å². The Balaban J connectivity index is 1.50. The molecular formula is C18H30N4O. The van der Waals surface area contributed by atoms with E-state index in [1.54, 1.807) is 0 Å². The number of imidazole rings is 1. The second-order valence-electron chi connectivity index (χ2n) is 7.59. The molecule has 0 spiro atoms. The lowest BCUT2D eigenvalue weighted by atomic mass is 9.92. The number of nitrogens with zero attached hydrogens (tertiary/aromatic N) is 4. The number of hydrogen-bond acceptors (Lipinski definition) is 4. The Labute approximate surface area is 139 Å². The summed E-state index contributed by atoms with van der Waals surface area (Å²) in [6.45, 7) is 9.92. The fourth-order valence-corrected chi connectivity index (χ4v) is 4.47. The van der Waals surface area contributed by atoms with E-state index in [1.165, 1.54) is 56.0 Å². The molecule has 1 aromatic rings. The summed E-state index contributed by atoms with van der Waals surface area (Å²) in [6.07, 6.45) is 5.43. The van der Waals surface area contributed by atoms with Gasteiger partial charge in [0.05, 0.1) is 17.5 Å². The maximum Gasteiger partial charge on any atom is 0.106 e. The van der Waals surface area contributed by atoms with Crippen LogP contribution in [0.4, 0.5) is 0 Å². The summed E-state index contributed by atoms with van der Waals surface area (Å²) in [5.41, 5.74) is 2.88.